The minimum atomic E-state index is -0.951. The van der Waals surface area contributed by atoms with Crippen LogP contribution in [-0.2, 0) is 0 Å². The standard InChI is InChI=1S/C12H13ClO3/c1-8(6-13)7-16-11-5-3-4-10(9(11)2)12(14)15/h3-6H,7H2,1-2H3,(H,14,15)/b8-6-. The number of benzene rings is 1. The smallest absolute Gasteiger partial charge is 0.336 e. The summed E-state index contributed by atoms with van der Waals surface area (Å²) >= 11 is 5.50. The van der Waals surface area contributed by atoms with Crippen LogP contribution in [0.3, 0.4) is 0 Å². The van der Waals surface area contributed by atoms with Gasteiger partial charge in [-0.15, -0.1) is 0 Å². The first-order valence-corrected chi connectivity index (χ1v) is 5.21. The summed E-state index contributed by atoms with van der Waals surface area (Å²) in [6.07, 6.45) is 0. The highest BCUT2D eigenvalue weighted by Gasteiger charge is 2.10. The van der Waals surface area contributed by atoms with E-state index in [1.807, 2.05) is 6.92 Å². The number of halogens is 1. The van der Waals surface area contributed by atoms with E-state index < -0.39 is 5.97 Å². The number of rotatable bonds is 4. The number of hydrogen-bond acceptors (Lipinski definition) is 2. The molecule has 0 aromatic heterocycles. The molecule has 1 aromatic rings. The Bertz CT molecular complexity index is 424. The maximum atomic E-state index is 10.9. The van der Waals surface area contributed by atoms with Gasteiger partial charge in [0.2, 0.25) is 0 Å². The largest absolute Gasteiger partial charge is 0.489 e. The Morgan fingerprint density at radius 3 is 2.81 bits per heavy atom. The minimum absolute atomic E-state index is 0.255. The molecule has 0 unspecified atom stereocenters. The predicted molar refractivity (Wildman–Crippen MR) is 63.2 cm³/mol. The van der Waals surface area contributed by atoms with E-state index in [1.54, 1.807) is 25.1 Å². The lowest BCUT2D eigenvalue weighted by Crippen LogP contribution is -2.04. The molecular weight excluding hydrogens is 228 g/mol. The Hall–Kier alpha value is -1.48. The third kappa shape index (κ3) is 3.00. The first kappa shape index (κ1) is 12.6. The molecule has 16 heavy (non-hydrogen) atoms. The molecule has 0 heterocycles. The van der Waals surface area contributed by atoms with Gasteiger partial charge in [-0.3, -0.25) is 0 Å². The maximum absolute atomic E-state index is 10.9. The van der Waals surface area contributed by atoms with Crippen LogP contribution >= 0.6 is 11.6 Å². The molecule has 0 atom stereocenters. The van der Waals surface area contributed by atoms with E-state index in [1.165, 1.54) is 5.54 Å². The van der Waals surface area contributed by atoms with Crippen molar-refractivity contribution in [3.63, 3.8) is 0 Å². The third-order valence-electron chi connectivity index (χ3n) is 2.16. The average Bonchev–Trinajstić information content (AvgIpc) is 2.26. The van der Waals surface area contributed by atoms with Crippen molar-refractivity contribution in [1.29, 1.82) is 0 Å². The number of carbonyl (C=O) groups is 1. The highest BCUT2D eigenvalue weighted by Crippen LogP contribution is 2.21. The van der Waals surface area contributed by atoms with E-state index >= 15 is 0 Å². The van der Waals surface area contributed by atoms with Crippen LogP contribution in [0.5, 0.6) is 5.75 Å². The zero-order chi connectivity index (χ0) is 12.1. The number of carboxylic acid groups (broad SMARTS) is 1. The molecule has 0 aliphatic heterocycles. The molecule has 4 heteroatoms. The molecule has 1 aromatic carbocycles. The van der Waals surface area contributed by atoms with E-state index in [-0.39, 0.29) is 5.56 Å². The van der Waals surface area contributed by atoms with Crippen LogP contribution in [-0.4, -0.2) is 17.7 Å². The topological polar surface area (TPSA) is 46.5 Å². The fourth-order valence-electron chi connectivity index (χ4n) is 1.23. The van der Waals surface area contributed by atoms with Crippen molar-refractivity contribution in [3.8, 4) is 5.75 Å². The maximum Gasteiger partial charge on any atom is 0.336 e. The summed E-state index contributed by atoms with van der Waals surface area (Å²) in [7, 11) is 0. The fraction of sp³-hybridized carbons (Fsp3) is 0.250. The summed E-state index contributed by atoms with van der Waals surface area (Å²) in [5.74, 6) is -0.384. The monoisotopic (exact) mass is 240 g/mol. The van der Waals surface area contributed by atoms with Gasteiger partial charge >= 0.3 is 5.97 Å². The van der Waals surface area contributed by atoms with E-state index in [2.05, 4.69) is 0 Å². The first-order chi connectivity index (χ1) is 7.56. The van der Waals surface area contributed by atoms with E-state index in [0.29, 0.717) is 17.9 Å². The molecule has 0 saturated heterocycles. The second-order valence-corrected chi connectivity index (χ2v) is 3.70. The van der Waals surface area contributed by atoms with Crippen LogP contribution in [0.15, 0.2) is 29.3 Å². The number of hydrogen-bond donors (Lipinski definition) is 1. The SMILES string of the molecule is C/C(=C/Cl)COc1cccc(C(=O)O)c1C. The summed E-state index contributed by atoms with van der Waals surface area (Å²) in [6.45, 7) is 3.91. The highest BCUT2D eigenvalue weighted by molar-refractivity contribution is 6.25. The lowest BCUT2D eigenvalue weighted by atomic mass is 10.1. The number of carboxylic acids is 1. The molecule has 0 amide bonds. The Kier molecular flexibility index (Phi) is 4.38. The van der Waals surface area contributed by atoms with E-state index in [9.17, 15) is 4.79 Å². The second kappa shape index (κ2) is 5.56. The van der Waals surface area contributed by atoms with Gasteiger partial charge in [-0.25, -0.2) is 4.79 Å². The van der Waals surface area contributed by atoms with Gasteiger partial charge in [-0.05, 0) is 31.6 Å². The molecule has 0 fully saturated rings. The lowest BCUT2D eigenvalue weighted by molar-refractivity contribution is 0.0695. The fourth-order valence-corrected chi connectivity index (χ4v) is 1.29. The van der Waals surface area contributed by atoms with Gasteiger partial charge in [-0.1, -0.05) is 17.7 Å². The summed E-state index contributed by atoms with van der Waals surface area (Å²) in [5.41, 5.74) is 3.19. The summed E-state index contributed by atoms with van der Waals surface area (Å²) < 4.78 is 5.46. The van der Waals surface area contributed by atoms with Crippen LogP contribution in [0.2, 0.25) is 0 Å². The van der Waals surface area contributed by atoms with Gasteiger partial charge in [-0.2, -0.15) is 0 Å². The summed E-state index contributed by atoms with van der Waals surface area (Å²) in [5, 5.41) is 8.93. The Balaban J connectivity index is 2.89. The normalized spacial score (nSPS) is 11.3. The molecule has 86 valence electrons. The molecule has 0 saturated carbocycles. The summed E-state index contributed by atoms with van der Waals surface area (Å²) in [6, 6.07) is 4.95. The molecule has 0 aliphatic carbocycles. The molecule has 0 spiro atoms. The van der Waals surface area contributed by atoms with Crippen molar-refractivity contribution in [2.45, 2.75) is 13.8 Å². The van der Waals surface area contributed by atoms with Crippen LogP contribution in [0, 0.1) is 6.92 Å². The minimum Gasteiger partial charge on any atom is -0.489 e. The molecule has 1 rings (SSSR count). The second-order valence-electron chi connectivity index (χ2n) is 3.48. The lowest BCUT2D eigenvalue weighted by Gasteiger charge is -2.10. The van der Waals surface area contributed by atoms with Crippen molar-refractivity contribution in [1.82, 2.24) is 0 Å². The van der Waals surface area contributed by atoms with Gasteiger partial charge in [0, 0.05) is 11.1 Å². The first-order valence-electron chi connectivity index (χ1n) is 4.77. The average molecular weight is 241 g/mol. The van der Waals surface area contributed by atoms with Crippen molar-refractivity contribution in [2.24, 2.45) is 0 Å². The van der Waals surface area contributed by atoms with Crippen molar-refractivity contribution >= 4 is 17.6 Å². The van der Waals surface area contributed by atoms with E-state index in [4.69, 9.17) is 21.4 Å². The number of aromatic carboxylic acids is 1. The van der Waals surface area contributed by atoms with Gasteiger partial charge < -0.3 is 9.84 Å². The van der Waals surface area contributed by atoms with Crippen molar-refractivity contribution in [3.05, 3.63) is 40.4 Å². The van der Waals surface area contributed by atoms with Crippen molar-refractivity contribution < 1.29 is 14.6 Å². The number of ether oxygens (including phenoxy) is 1. The predicted octanol–water partition coefficient (Wildman–Crippen LogP) is 3.21. The van der Waals surface area contributed by atoms with Crippen LogP contribution in [0.1, 0.15) is 22.8 Å². The van der Waals surface area contributed by atoms with E-state index in [0.717, 1.165) is 5.57 Å². The zero-order valence-electron chi connectivity index (χ0n) is 9.16. The molecular formula is C12H13ClO3. The molecule has 1 N–H and O–H groups in total. The van der Waals surface area contributed by atoms with Crippen LogP contribution < -0.4 is 4.74 Å². The molecule has 3 nitrogen and oxygen atoms in total. The molecule has 0 bridgehead atoms. The third-order valence-corrected chi connectivity index (χ3v) is 2.53. The Morgan fingerprint density at radius 1 is 1.56 bits per heavy atom. The van der Waals surface area contributed by atoms with Crippen molar-refractivity contribution in [2.75, 3.05) is 6.61 Å². The van der Waals surface area contributed by atoms with Gasteiger partial charge in [0.1, 0.15) is 12.4 Å². The highest BCUT2D eigenvalue weighted by atomic mass is 35.5. The van der Waals surface area contributed by atoms with Gasteiger partial charge in [0.15, 0.2) is 0 Å². The summed E-state index contributed by atoms with van der Waals surface area (Å²) in [4.78, 5) is 10.9. The zero-order valence-corrected chi connectivity index (χ0v) is 9.91. The van der Waals surface area contributed by atoms with Gasteiger partial charge in [0.25, 0.3) is 0 Å². The molecule has 0 aliphatic rings. The van der Waals surface area contributed by atoms with Gasteiger partial charge in [0.05, 0.1) is 5.56 Å². The molecule has 0 radical (unpaired) electrons. The quantitative estimate of drug-likeness (QED) is 0.879. The van der Waals surface area contributed by atoms with Crippen LogP contribution in [0.4, 0.5) is 0 Å². The Morgan fingerprint density at radius 2 is 2.25 bits per heavy atom. The van der Waals surface area contributed by atoms with Crippen LogP contribution in [0.25, 0.3) is 0 Å². The Labute approximate surface area is 99.3 Å².